The van der Waals surface area contributed by atoms with Gasteiger partial charge in [-0.3, -0.25) is 14.4 Å². The van der Waals surface area contributed by atoms with E-state index < -0.39 is 16.2 Å². The Morgan fingerprint density at radius 3 is 2.16 bits per heavy atom. The van der Waals surface area contributed by atoms with E-state index in [4.69, 9.17) is 4.74 Å². The molecule has 1 heterocycles. The average molecular weight is 683 g/mol. The second-order valence-electron chi connectivity index (χ2n) is 11.0. The monoisotopic (exact) mass is 681 g/mol. The molecular weight excluding hydrogens is 650 g/mol. The lowest BCUT2D eigenvalue weighted by molar-refractivity contribution is 0.0967. The van der Waals surface area contributed by atoms with E-state index in [0.717, 1.165) is 26.7 Å². The van der Waals surface area contributed by atoms with Gasteiger partial charge >= 0.3 is 0 Å². The van der Waals surface area contributed by atoms with Gasteiger partial charge in [0.05, 0.1) is 23.3 Å². The highest BCUT2D eigenvalue weighted by molar-refractivity contribution is 9.10. The highest BCUT2D eigenvalue weighted by Gasteiger charge is 2.41. The van der Waals surface area contributed by atoms with E-state index in [1.54, 1.807) is 36.3 Å². The molecule has 0 aromatic heterocycles. The molecule has 0 bridgehead atoms. The number of rotatable bonds is 8. The molecule has 7 nitrogen and oxygen atoms in total. The zero-order valence-corrected chi connectivity index (χ0v) is 27.5. The van der Waals surface area contributed by atoms with Crippen molar-refractivity contribution in [1.82, 2.24) is 0 Å². The molecule has 0 saturated carbocycles. The van der Waals surface area contributed by atoms with Crippen molar-refractivity contribution in [3.05, 3.63) is 148 Å². The summed E-state index contributed by atoms with van der Waals surface area (Å²) < 4.78 is 36.5. The molecule has 1 amide bonds. The van der Waals surface area contributed by atoms with Crippen LogP contribution in [0, 0.1) is 13.8 Å². The summed E-state index contributed by atoms with van der Waals surface area (Å²) in [5.41, 5.74) is 5.89. The van der Waals surface area contributed by atoms with Crippen molar-refractivity contribution in [3.8, 4) is 5.75 Å². The number of hydrogen-bond donors (Lipinski definition) is 1. The van der Waals surface area contributed by atoms with Gasteiger partial charge in [0, 0.05) is 28.0 Å². The summed E-state index contributed by atoms with van der Waals surface area (Å²) >= 11 is 3.62. The molecule has 5 aromatic rings. The third-order valence-corrected chi connectivity index (χ3v) is 9.73. The van der Waals surface area contributed by atoms with Crippen LogP contribution in [0.1, 0.15) is 38.8 Å². The first-order chi connectivity index (χ1) is 21.6. The Labute approximate surface area is 272 Å². The van der Waals surface area contributed by atoms with Gasteiger partial charge in [0.25, 0.3) is 15.9 Å². The minimum absolute atomic E-state index is 0.00261. The van der Waals surface area contributed by atoms with Crippen molar-refractivity contribution < 1.29 is 17.9 Å². The minimum atomic E-state index is -3.99. The molecule has 0 spiro atoms. The van der Waals surface area contributed by atoms with Gasteiger partial charge in [-0.25, -0.2) is 8.42 Å². The van der Waals surface area contributed by atoms with Crippen LogP contribution in [0.2, 0.25) is 0 Å². The van der Waals surface area contributed by atoms with E-state index in [-0.39, 0.29) is 16.4 Å². The molecule has 5 aromatic carbocycles. The summed E-state index contributed by atoms with van der Waals surface area (Å²) in [7, 11) is -2.38. The van der Waals surface area contributed by atoms with Crippen molar-refractivity contribution in [2.75, 3.05) is 21.6 Å². The number of methoxy groups -OCH3 is 1. The molecule has 0 aliphatic carbocycles. The Morgan fingerprint density at radius 1 is 0.822 bits per heavy atom. The topological polar surface area (TPSA) is 79.0 Å². The van der Waals surface area contributed by atoms with Crippen LogP contribution < -0.4 is 19.3 Å². The fraction of sp³-hybridized carbons (Fsp3) is 0.139. The first kappa shape index (κ1) is 30.4. The Hall–Kier alpha value is -4.60. The number of nitrogens with one attached hydrogen (secondary N) is 1. The summed E-state index contributed by atoms with van der Waals surface area (Å²) in [6.07, 6.45) is -0.617. The summed E-state index contributed by atoms with van der Waals surface area (Å²) in [6, 6.07) is 35.3. The molecule has 228 valence electrons. The van der Waals surface area contributed by atoms with Gasteiger partial charge in [0.2, 0.25) is 0 Å². The summed E-state index contributed by atoms with van der Waals surface area (Å²) in [4.78, 5) is 18.5. The van der Waals surface area contributed by atoms with Crippen molar-refractivity contribution in [3.63, 3.8) is 0 Å². The zero-order valence-electron chi connectivity index (χ0n) is 25.1. The molecule has 1 N–H and O–H groups in total. The standard InChI is InChI=1S/C36H32BrN3O4S/c1-24-9-14-28(15-10-24)38-45(42,43)30-18-19-33-31(22-30)36(41)40(29-16-11-25(2)12-17-29)35(32-21-27(37)13-20-34(32)44-3)39(33)23-26-7-5-4-6-8-26/h4-22,35,38H,23H2,1-3H3/t35-/m1/s1. The van der Waals surface area contributed by atoms with E-state index in [2.05, 4.69) is 25.6 Å². The van der Waals surface area contributed by atoms with Crippen molar-refractivity contribution >= 4 is 48.9 Å². The van der Waals surface area contributed by atoms with E-state index in [1.165, 1.54) is 6.07 Å². The number of hydrogen-bond acceptors (Lipinski definition) is 5. The molecule has 0 radical (unpaired) electrons. The summed E-state index contributed by atoms with van der Waals surface area (Å²) in [5, 5.41) is 0. The van der Waals surface area contributed by atoms with E-state index in [1.807, 2.05) is 98.8 Å². The predicted octanol–water partition coefficient (Wildman–Crippen LogP) is 8.24. The minimum Gasteiger partial charge on any atom is -0.496 e. The van der Waals surface area contributed by atoms with Crippen LogP contribution in [-0.4, -0.2) is 21.4 Å². The lowest BCUT2D eigenvalue weighted by Crippen LogP contribution is -2.49. The number of carbonyl (C=O) groups excluding carboxylic acids is 1. The van der Waals surface area contributed by atoms with Crippen LogP contribution in [0.15, 0.2) is 125 Å². The van der Waals surface area contributed by atoms with Gasteiger partial charge in [0.1, 0.15) is 11.9 Å². The molecule has 9 heteroatoms. The van der Waals surface area contributed by atoms with Crippen LogP contribution in [0.4, 0.5) is 17.1 Å². The number of sulfonamides is 1. The van der Waals surface area contributed by atoms with Gasteiger partial charge in [-0.15, -0.1) is 0 Å². The second-order valence-corrected chi connectivity index (χ2v) is 13.6. The molecule has 45 heavy (non-hydrogen) atoms. The SMILES string of the molecule is COc1ccc(Br)cc1[C@@H]1N(Cc2ccccc2)c2ccc(S(=O)(=O)Nc3ccc(C)cc3)cc2C(=O)N1c1ccc(C)cc1. The number of aryl methyl sites for hydroxylation is 2. The molecule has 0 unspecified atom stereocenters. The highest BCUT2D eigenvalue weighted by Crippen LogP contribution is 2.46. The van der Waals surface area contributed by atoms with E-state index in [0.29, 0.717) is 29.4 Å². The second kappa shape index (κ2) is 12.4. The molecule has 1 aliphatic rings. The van der Waals surface area contributed by atoms with Gasteiger partial charge in [-0.2, -0.15) is 0 Å². The summed E-state index contributed by atoms with van der Waals surface area (Å²) in [5.74, 6) is 0.300. The van der Waals surface area contributed by atoms with E-state index in [9.17, 15) is 13.2 Å². The predicted molar refractivity (Wildman–Crippen MR) is 182 cm³/mol. The molecule has 0 fully saturated rings. The Bertz CT molecular complexity index is 1970. The Morgan fingerprint density at radius 2 is 1.49 bits per heavy atom. The van der Waals surface area contributed by atoms with Crippen LogP contribution in [0.5, 0.6) is 5.75 Å². The molecule has 1 aliphatic heterocycles. The average Bonchev–Trinajstić information content (AvgIpc) is 3.04. The number of ether oxygens (including phenoxy) is 1. The van der Waals surface area contributed by atoms with Gasteiger partial charge in [-0.05, 0) is 80.1 Å². The molecule has 0 saturated heterocycles. The molecule has 1 atom stereocenters. The van der Waals surface area contributed by atoms with Gasteiger partial charge < -0.3 is 9.64 Å². The Balaban J connectivity index is 1.55. The van der Waals surface area contributed by atoms with E-state index >= 15 is 0 Å². The quantitative estimate of drug-likeness (QED) is 0.178. The van der Waals surface area contributed by atoms with Crippen LogP contribution in [-0.2, 0) is 16.6 Å². The van der Waals surface area contributed by atoms with Crippen molar-refractivity contribution in [1.29, 1.82) is 0 Å². The Kier molecular flexibility index (Phi) is 8.40. The van der Waals surface area contributed by atoms with Crippen LogP contribution in [0.25, 0.3) is 0 Å². The van der Waals surface area contributed by atoms with Crippen LogP contribution >= 0.6 is 15.9 Å². The number of carbonyl (C=O) groups is 1. The van der Waals surface area contributed by atoms with Gasteiger partial charge in [-0.1, -0.05) is 81.7 Å². The first-order valence-electron chi connectivity index (χ1n) is 14.4. The largest absolute Gasteiger partial charge is 0.496 e. The third kappa shape index (κ3) is 6.18. The number of benzene rings is 5. The lowest BCUT2D eigenvalue weighted by atomic mass is 9.98. The molecule has 6 rings (SSSR count). The van der Waals surface area contributed by atoms with Crippen molar-refractivity contribution in [2.24, 2.45) is 0 Å². The highest BCUT2D eigenvalue weighted by atomic mass is 79.9. The number of fused-ring (bicyclic) bond motifs is 1. The smallest absolute Gasteiger partial charge is 0.262 e. The van der Waals surface area contributed by atoms with Crippen LogP contribution in [0.3, 0.4) is 0 Å². The fourth-order valence-corrected chi connectivity index (χ4v) is 7.04. The number of halogens is 1. The van der Waals surface area contributed by atoms with Gasteiger partial charge in [0.15, 0.2) is 0 Å². The van der Waals surface area contributed by atoms with Crippen molar-refractivity contribution in [2.45, 2.75) is 31.5 Å². The number of nitrogens with zero attached hydrogens (tertiary/aromatic N) is 2. The lowest BCUT2D eigenvalue weighted by Gasteiger charge is -2.46. The fourth-order valence-electron chi connectivity index (χ4n) is 5.58. The first-order valence-corrected chi connectivity index (χ1v) is 16.7. The third-order valence-electron chi connectivity index (χ3n) is 7.86. The number of anilines is 3. The summed E-state index contributed by atoms with van der Waals surface area (Å²) in [6.45, 7) is 4.37. The maximum absolute atomic E-state index is 14.7. The maximum atomic E-state index is 14.7. The zero-order chi connectivity index (χ0) is 31.7. The number of amides is 1. The molecular formula is C36H32BrN3O4S. The normalized spacial score (nSPS) is 14.7. The maximum Gasteiger partial charge on any atom is 0.262 e.